The Morgan fingerprint density at radius 1 is 1.24 bits per heavy atom. The van der Waals surface area contributed by atoms with Crippen molar-refractivity contribution in [2.45, 2.75) is 76.2 Å². The van der Waals surface area contributed by atoms with Gasteiger partial charge in [-0.15, -0.1) is 0 Å². The summed E-state index contributed by atoms with van der Waals surface area (Å²) in [7, 11) is 0. The number of likely N-dealkylation sites (N-methyl/N-ethyl adjacent to an activating group) is 1. The fourth-order valence-corrected chi connectivity index (χ4v) is 5.64. The van der Waals surface area contributed by atoms with Gasteiger partial charge in [0.1, 0.15) is 0 Å². The molecule has 0 aromatic heterocycles. The zero-order valence-electron chi connectivity index (χ0n) is 13.6. The Hall–Kier alpha value is 0.230. The molecule has 0 aromatic carbocycles. The average Bonchev–Trinajstić information content (AvgIpc) is 2.92. The number of ether oxygens (including phenoxy) is 2. The Morgan fingerprint density at radius 3 is 2.71 bits per heavy atom. The van der Waals surface area contributed by atoms with Crippen LogP contribution in [0.15, 0.2) is 0 Å². The van der Waals surface area contributed by atoms with E-state index in [-0.39, 0.29) is 5.60 Å². The lowest BCUT2D eigenvalue weighted by Gasteiger charge is -2.46. The van der Waals surface area contributed by atoms with Crippen molar-refractivity contribution in [1.82, 2.24) is 5.32 Å². The highest BCUT2D eigenvalue weighted by Gasteiger charge is 2.43. The molecule has 3 rings (SSSR count). The van der Waals surface area contributed by atoms with Gasteiger partial charge in [0.05, 0.1) is 17.8 Å². The maximum atomic E-state index is 6.27. The van der Waals surface area contributed by atoms with E-state index in [9.17, 15) is 0 Å². The van der Waals surface area contributed by atoms with Crippen LogP contribution in [0.5, 0.6) is 0 Å². The largest absolute Gasteiger partial charge is 0.375 e. The second-order valence-corrected chi connectivity index (χ2v) is 8.27. The molecule has 3 saturated heterocycles. The first-order chi connectivity index (χ1) is 10.2. The molecule has 4 unspecified atom stereocenters. The van der Waals surface area contributed by atoms with Gasteiger partial charge in [0.15, 0.2) is 0 Å². The van der Waals surface area contributed by atoms with E-state index in [1.54, 1.807) is 0 Å². The number of nitrogens with one attached hydrogen (secondary N) is 1. The van der Waals surface area contributed by atoms with Gasteiger partial charge in [-0.25, -0.2) is 0 Å². The Morgan fingerprint density at radius 2 is 2.05 bits per heavy atom. The van der Waals surface area contributed by atoms with Crippen LogP contribution in [-0.4, -0.2) is 48.5 Å². The zero-order chi connectivity index (χ0) is 14.7. The third-order valence-corrected chi connectivity index (χ3v) is 6.53. The highest BCUT2D eigenvalue weighted by molar-refractivity contribution is 7.99. The summed E-state index contributed by atoms with van der Waals surface area (Å²) in [4.78, 5) is 0. The molecule has 3 heterocycles. The molecule has 0 amide bonds. The molecule has 21 heavy (non-hydrogen) atoms. The molecule has 0 aliphatic carbocycles. The minimum atomic E-state index is 0.187. The summed E-state index contributed by atoms with van der Waals surface area (Å²) < 4.78 is 12.5. The number of rotatable bonds is 4. The lowest BCUT2D eigenvalue weighted by atomic mass is 9.77. The van der Waals surface area contributed by atoms with E-state index in [0.717, 1.165) is 19.1 Å². The standard InChI is InChI=1S/C17H31NO2S/c1-3-18-16(15-5-4-13(2)20-15)14-6-9-19-17(12-14)7-10-21-11-8-17/h13-16,18H,3-12H2,1-2H3. The SMILES string of the molecule is CCNC(C1CCOC2(CCSCC2)C1)C1CCC(C)O1. The Bertz CT molecular complexity index is 327. The normalized spacial score (nSPS) is 37.7. The molecule has 122 valence electrons. The van der Waals surface area contributed by atoms with Gasteiger partial charge in [-0.05, 0) is 69.4 Å². The molecule has 3 aliphatic heterocycles. The van der Waals surface area contributed by atoms with Crippen LogP contribution in [0.1, 0.15) is 52.4 Å². The van der Waals surface area contributed by atoms with Gasteiger partial charge in [0.2, 0.25) is 0 Å². The van der Waals surface area contributed by atoms with Crippen LogP contribution in [0, 0.1) is 5.92 Å². The van der Waals surface area contributed by atoms with Crippen molar-refractivity contribution >= 4 is 11.8 Å². The zero-order valence-corrected chi connectivity index (χ0v) is 14.4. The van der Waals surface area contributed by atoms with Crippen molar-refractivity contribution in [3.8, 4) is 0 Å². The van der Waals surface area contributed by atoms with Gasteiger partial charge < -0.3 is 14.8 Å². The summed E-state index contributed by atoms with van der Waals surface area (Å²) in [6.07, 6.45) is 8.22. The minimum absolute atomic E-state index is 0.187. The molecule has 0 radical (unpaired) electrons. The highest BCUT2D eigenvalue weighted by Crippen LogP contribution is 2.42. The predicted octanol–water partition coefficient (Wildman–Crippen LogP) is 3.22. The number of thioether (sulfide) groups is 1. The predicted molar refractivity (Wildman–Crippen MR) is 89.0 cm³/mol. The summed E-state index contributed by atoms with van der Waals surface area (Å²) in [6.45, 7) is 6.42. The summed E-state index contributed by atoms with van der Waals surface area (Å²) >= 11 is 2.09. The molecule has 0 saturated carbocycles. The summed E-state index contributed by atoms with van der Waals surface area (Å²) in [5, 5.41) is 3.75. The molecule has 3 fully saturated rings. The van der Waals surface area contributed by atoms with E-state index >= 15 is 0 Å². The summed E-state index contributed by atoms with van der Waals surface area (Å²) in [6, 6.07) is 0.523. The van der Waals surface area contributed by atoms with Gasteiger partial charge in [0, 0.05) is 12.6 Å². The van der Waals surface area contributed by atoms with E-state index in [1.165, 1.54) is 50.0 Å². The number of hydrogen-bond donors (Lipinski definition) is 1. The smallest absolute Gasteiger partial charge is 0.0735 e. The average molecular weight is 314 g/mol. The third-order valence-electron chi connectivity index (χ3n) is 5.55. The van der Waals surface area contributed by atoms with Gasteiger partial charge in [-0.3, -0.25) is 0 Å². The fraction of sp³-hybridized carbons (Fsp3) is 1.00. The molecule has 4 atom stereocenters. The van der Waals surface area contributed by atoms with Gasteiger partial charge in [-0.2, -0.15) is 11.8 Å². The van der Waals surface area contributed by atoms with Gasteiger partial charge in [0.25, 0.3) is 0 Å². The molecular formula is C17H31NO2S. The monoisotopic (exact) mass is 313 g/mol. The van der Waals surface area contributed by atoms with Crippen molar-refractivity contribution in [2.24, 2.45) is 5.92 Å². The molecule has 1 spiro atoms. The molecule has 0 aromatic rings. The molecule has 3 nitrogen and oxygen atoms in total. The van der Waals surface area contributed by atoms with Crippen molar-refractivity contribution in [3.63, 3.8) is 0 Å². The summed E-state index contributed by atoms with van der Waals surface area (Å²) in [5.41, 5.74) is 0.187. The fourth-order valence-electron chi connectivity index (χ4n) is 4.40. The second kappa shape index (κ2) is 7.20. The molecule has 4 heteroatoms. The molecule has 1 N–H and O–H groups in total. The van der Waals surface area contributed by atoms with Crippen LogP contribution in [0.4, 0.5) is 0 Å². The first-order valence-corrected chi connectivity index (χ1v) is 9.98. The van der Waals surface area contributed by atoms with Crippen molar-refractivity contribution in [2.75, 3.05) is 24.7 Å². The Kier molecular flexibility index (Phi) is 5.52. The van der Waals surface area contributed by atoms with Crippen LogP contribution in [0.3, 0.4) is 0 Å². The number of hydrogen-bond acceptors (Lipinski definition) is 4. The van der Waals surface area contributed by atoms with E-state index < -0.39 is 0 Å². The molecular weight excluding hydrogens is 282 g/mol. The van der Waals surface area contributed by atoms with Gasteiger partial charge in [-0.1, -0.05) is 6.92 Å². The Balaban J connectivity index is 1.66. The van der Waals surface area contributed by atoms with E-state index in [2.05, 4.69) is 30.9 Å². The lowest BCUT2D eigenvalue weighted by molar-refractivity contribution is -0.115. The Labute approximate surface area is 133 Å². The van der Waals surface area contributed by atoms with Crippen molar-refractivity contribution in [1.29, 1.82) is 0 Å². The van der Waals surface area contributed by atoms with E-state index in [1.807, 2.05) is 0 Å². The van der Waals surface area contributed by atoms with Crippen LogP contribution in [0.25, 0.3) is 0 Å². The van der Waals surface area contributed by atoms with Crippen LogP contribution in [0.2, 0.25) is 0 Å². The maximum absolute atomic E-state index is 6.27. The summed E-state index contributed by atoms with van der Waals surface area (Å²) in [5.74, 6) is 3.27. The van der Waals surface area contributed by atoms with Crippen LogP contribution < -0.4 is 5.32 Å². The van der Waals surface area contributed by atoms with E-state index in [4.69, 9.17) is 9.47 Å². The molecule has 3 aliphatic rings. The topological polar surface area (TPSA) is 30.5 Å². The minimum Gasteiger partial charge on any atom is -0.375 e. The third kappa shape index (κ3) is 3.77. The van der Waals surface area contributed by atoms with Crippen molar-refractivity contribution in [3.05, 3.63) is 0 Å². The van der Waals surface area contributed by atoms with Crippen molar-refractivity contribution < 1.29 is 9.47 Å². The van der Waals surface area contributed by atoms with Crippen LogP contribution in [-0.2, 0) is 9.47 Å². The van der Waals surface area contributed by atoms with E-state index in [0.29, 0.717) is 18.2 Å². The maximum Gasteiger partial charge on any atom is 0.0735 e. The highest BCUT2D eigenvalue weighted by atomic mass is 32.2. The lowest BCUT2D eigenvalue weighted by Crippen LogP contribution is -2.52. The van der Waals surface area contributed by atoms with Crippen LogP contribution >= 0.6 is 11.8 Å². The first-order valence-electron chi connectivity index (χ1n) is 8.83. The molecule has 0 bridgehead atoms. The first kappa shape index (κ1) is 16.1. The van der Waals surface area contributed by atoms with Gasteiger partial charge >= 0.3 is 0 Å². The quantitative estimate of drug-likeness (QED) is 0.863. The second-order valence-electron chi connectivity index (χ2n) is 7.04.